The van der Waals surface area contributed by atoms with E-state index in [1.807, 2.05) is 11.0 Å². The number of sulfonamides is 1. The fourth-order valence-corrected chi connectivity index (χ4v) is 5.10. The van der Waals surface area contributed by atoms with Gasteiger partial charge in [0.2, 0.25) is 10.0 Å². The first-order chi connectivity index (χ1) is 13.0. The highest BCUT2D eigenvalue weighted by molar-refractivity contribution is 7.89. The van der Waals surface area contributed by atoms with Crippen LogP contribution in [0.15, 0.2) is 41.7 Å². The lowest BCUT2D eigenvalue weighted by molar-refractivity contribution is 0.341. The molecule has 1 aromatic carbocycles. The molecule has 1 saturated heterocycles. The van der Waals surface area contributed by atoms with E-state index < -0.39 is 16.2 Å². The van der Waals surface area contributed by atoms with Gasteiger partial charge in [-0.05, 0) is 17.7 Å². The number of halogens is 1. The molecule has 0 aliphatic carbocycles. The predicted octanol–water partition coefficient (Wildman–Crippen LogP) is 1.65. The largest absolute Gasteiger partial charge is 0.492 e. The van der Waals surface area contributed by atoms with Gasteiger partial charge in [0.25, 0.3) is 0 Å². The van der Waals surface area contributed by atoms with Crippen LogP contribution in [0.25, 0.3) is 0 Å². The zero-order chi connectivity index (χ0) is 19.0. The van der Waals surface area contributed by atoms with Gasteiger partial charge in [0, 0.05) is 38.7 Å². The Kier molecular flexibility index (Phi) is 4.73. The summed E-state index contributed by atoms with van der Waals surface area (Å²) in [5.74, 6) is 1.04. The number of benzene rings is 1. The summed E-state index contributed by atoms with van der Waals surface area (Å²) in [6, 6.07) is 6.58. The number of anilines is 1. The molecule has 3 heterocycles. The summed E-state index contributed by atoms with van der Waals surface area (Å²) in [6.07, 6.45) is 2.94. The van der Waals surface area contributed by atoms with E-state index in [4.69, 9.17) is 4.74 Å². The average molecular weight is 392 g/mol. The lowest BCUT2D eigenvalue weighted by Gasteiger charge is -2.29. The number of hydrogen-bond donors (Lipinski definition) is 0. The molecule has 2 aliphatic heterocycles. The monoisotopic (exact) mass is 392 g/mol. The van der Waals surface area contributed by atoms with Crippen molar-refractivity contribution in [2.45, 2.75) is 30.0 Å². The summed E-state index contributed by atoms with van der Waals surface area (Å²) < 4.78 is 47.1. The molecular weight excluding hydrogens is 371 g/mol. The van der Waals surface area contributed by atoms with Crippen LogP contribution in [-0.2, 0) is 16.4 Å². The van der Waals surface area contributed by atoms with E-state index >= 15 is 0 Å². The molecule has 0 N–H and O–H groups in total. The highest BCUT2D eigenvalue weighted by Crippen LogP contribution is 2.35. The maximum atomic E-state index is 14.1. The van der Waals surface area contributed by atoms with E-state index in [9.17, 15) is 12.8 Å². The van der Waals surface area contributed by atoms with Gasteiger partial charge in [-0.25, -0.2) is 22.8 Å². The van der Waals surface area contributed by atoms with Crippen LogP contribution in [0.4, 0.5) is 10.2 Å². The van der Waals surface area contributed by atoms with Gasteiger partial charge in [-0.15, -0.1) is 0 Å². The van der Waals surface area contributed by atoms with Crippen molar-refractivity contribution in [3.05, 3.63) is 42.4 Å². The van der Waals surface area contributed by atoms with Gasteiger partial charge in [0.1, 0.15) is 29.0 Å². The van der Waals surface area contributed by atoms with Gasteiger partial charge in [-0.3, -0.25) is 0 Å². The van der Waals surface area contributed by atoms with Gasteiger partial charge >= 0.3 is 0 Å². The number of rotatable bonds is 5. The van der Waals surface area contributed by atoms with Gasteiger partial charge in [0.05, 0.1) is 13.2 Å². The third kappa shape index (κ3) is 3.37. The number of para-hydroxylation sites is 1. The van der Waals surface area contributed by atoms with Gasteiger partial charge < -0.3 is 9.64 Å². The second-order valence-corrected chi connectivity index (χ2v) is 8.85. The molecule has 9 heteroatoms. The Morgan fingerprint density at radius 2 is 2.22 bits per heavy atom. The van der Waals surface area contributed by atoms with Crippen LogP contribution in [0.2, 0.25) is 0 Å². The van der Waals surface area contributed by atoms with Gasteiger partial charge in [-0.1, -0.05) is 12.1 Å². The number of nitrogens with zero attached hydrogens (tertiary/aromatic N) is 4. The van der Waals surface area contributed by atoms with Crippen molar-refractivity contribution in [3.63, 3.8) is 0 Å². The van der Waals surface area contributed by atoms with Crippen molar-refractivity contribution in [2.24, 2.45) is 0 Å². The second kappa shape index (κ2) is 7.05. The molecular formula is C18H21FN4O3S. The molecule has 0 unspecified atom stereocenters. The standard InChI is InChI=1S/C18H21FN4O3S/c1-22(27(24,25)16-4-2-3-13-6-8-26-18(13)16)11-15-9-14(19)10-23(15)17-5-7-20-12-21-17/h2-5,7,12,14-15H,6,8-11H2,1H3/t14-,15-/m0/s1. The van der Waals surface area contributed by atoms with Crippen LogP contribution >= 0.6 is 0 Å². The Hall–Kier alpha value is -2.26. The number of hydrogen-bond acceptors (Lipinski definition) is 6. The summed E-state index contributed by atoms with van der Waals surface area (Å²) >= 11 is 0. The number of fused-ring (bicyclic) bond motifs is 1. The molecule has 2 atom stereocenters. The Bertz CT molecular complexity index is 925. The van der Waals surface area contributed by atoms with Crippen molar-refractivity contribution in [1.82, 2.24) is 14.3 Å². The van der Waals surface area contributed by atoms with Crippen LogP contribution in [-0.4, -0.2) is 61.6 Å². The smallest absolute Gasteiger partial charge is 0.246 e. The summed E-state index contributed by atoms with van der Waals surface area (Å²) in [5, 5.41) is 0. The Morgan fingerprint density at radius 1 is 1.37 bits per heavy atom. The van der Waals surface area contributed by atoms with E-state index in [-0.39, 0.29) is 30.4 Å². The third-order valence-electron chi connectivity index (χ3n) is 5.06. The van der Waals surface area contributed by atoms with Crippen molar-refractivity contribution in [2.75, 3.05) is 31.6 Å². The molecule has 1 fully saturated rings. The zero-order valence-corrected chi connectivity index (χ0v) is 15.8. The number of aromatic nitrogens is 2. The van der Waals surface area contributed by atoms with Crippen molar-refractivity contribution in [1.29, 1.82) is 0 Å². The molecule has 0 radical (unpaired) electrons. The molecule has 7 nitrogen and oxygen atoms in total. The highest BCUT2D eigenvalue weighted by Gasteiger charge is 2.37. The van der Waals surface area contributed by atoms with Gasteiger partial charge in [-0.2, -0.15) is 4.31 Å². The highest BCUT2D eigenvalue weighted by atomic mass is 32.2. The van der Waals surface area contributed by atoms with E-state index in [2.05, 4.69) is 9.97 Å². The number of ether oxygens (including phenoxy) is 1. The molecule has 0 spiro atoms. The first-order valence-electron chi connectivity index (χ1n) is 8.84. The topological polar surface area (TPSA) is 75.6 Å². The number of likely N-dealkylation sites (N-methyl/N-ethyl adjacent to an activating group) is 1. The lowest BCUT2D eigenvalue weighted by Crippen LogP contribution is -2.41. The Labute approximate surface area is 157 Å². The summed E-state index contributed by atoms with van der Waals surface area (Å²) in [5.41, 5.74) is 0.900. The minimum absolute atomic E-state index is 0.163. The molecule has 2 aromatic rings. The quantitative estimate of drug-likeness (QED) is 0.770. The van der Waals surface area contributed by atoms with E-state index in [1.165, 1.54) is 17.7 Å². The fourth-order valence-electron chi connectivity index (χ4n) is 3.72. The van der Waals surface area contributed by atoms with E-state index in [0.717, 1.165) is 5.56 Å². The molecule has 0 saturated carbocycles. The van der Waals surface area contributed by atoms with Crippen molar-refractivity contribution in [3.8, 4) is 5.75 Å². The maximum absolute atomic E-state index is 14.1. The molecule has 1 aromatic heterocycles. The SMILES string of the molecule is CN(C[C@@H]1C[C@H](F)CN1c1ccncn1)S(=O)(=O)c1cccc2c1OCC2. The van der Waals surface area contributed by atoms with Crippen LogP contribution < -0.4 is 9.64 Å². The predicted molar refractivity (Wildman–Crippen MR) is 98.1 cm³/mol. The lowest BCUT2D eigenvalue weighted by atomic mass is 10.2. The normalized spacial score (nSPS) is 22.1. The number of alkyl halides is 1. The maximum Gasteiger partial charge on any atom is 0.246 e. The first kappa shape index (κ1) is 18.1. The van der Waals surface area contributed by atoms with E-state index in [0.29, 0.717) is 24.6 Å². The van der Waals surface area contributed by atoms with Crippen molar-refractivity contribution >= 4 is 15.8 Å². The molecule has 2 aliphatic rings. The third-order valence-corrected chi connectivity index (χ3v) is 6.91. The van der Waals surface area contributed by atoms with Crippen LogP contribution in [0.5, 0.6) is 5.75 Å². The fraction of sp³-hybridized carbons (Fsp3) is 0.444. The summed E-state index contributed by atoms with van der Waals surface area (Å²) in [7, 11) is -2.23. The Morgan fingerprint density at radius 3 is 3.00 bits per heavy atom. The van der Waals surface area contributed by atoms with Crippen LogP contribution in [0.1, 0.15) is 12.0 Å². The first-order valence-corrected chi connectivity index (χ1v) is 10.3. The summed E-state index contributed by atoms with van der Waals surface area (Å²) in [4.78, 5) is 10.0. The average Bonchev–Trinajstić information content (AvgIpc) is 3.28. The Balaban J connectivity index is 1.58. The minimum Gasteiger partial charge on any atom is -0.492 e. The minimum atomic E-state index is -3.75. The summed E-state index contributed by atoms with van der Waals surface area (Å²) in [6.45, 7) is 0.842. The molecule has 4 rings (SSSR count). The van der Waals surface area contributed by atoms with Gasteiger partial charge in [0.15, 0.2) is 0 Å². The molecule has 144 valence electrons. The van der Waals surface area contributed by atoms with Crippen LogP contribution in [0.3, 0.4) is 0 Å². The van der Waals surface area contributed by atoms with Crippen molar-refractivity contribution < 1.29 is 17.5 Å². The van der Waals surface area contributed by atoms with E-state index in [1.54, 1.807) is 24.4 Å². The molecule has 0 amide bonds. The molecule has 0 bridgehead atoms. The van der Waals surface area contributed by atoms with Crippen LogP contribution in [0, 0.1) is 0 Å². The zero-order valence-electron chi connectivity index (χ0n) is 15.0. The molecule has 27 heavy (non-hydrogen) atoms. The second-order valence-electron chi connectivity index (χ2n) is 6.84.